The van der Waals surface area contributed by atoms with E-state index in [1.165, 1.54) is 0 Å². The van der Waals surface area contributed by atoms with Crippen molar-refractivity contribution in [3.05, 3.63) is 58.7 Å². The molecule has 0 aliphatic rings. The van der Waals surface area contributed by atoms with Gasteiger partial charge in [0.2, 0.25) is 0 Å². The van der Waals surface area contributed by atoms with E-state index < -0.39 is 12.1 Å². The molecular formula is C21H25NO4. The molecule has 0 aromatic heterocycles. The first-order chi connectivity index (χ1) is 12.3. The van der Waals surface area contributed by atoms with Crippen LogP contribution in [0.2, 0.25) is 0 Å². The highest BCUT2D eigenvalue weighted by Gasteiger charge is 2.17. The zero-order valence-electron chi connectivity index (χ0n) is 15.9. The average Bonchev–Trinajstić information content (AvgIpc) is 2.59. The number of benzene rings is 2. The van der Waals surface area contributed by atoms with Crippen LogP contribution in [0.15, 0.2) is 36.4 Å². The van der Waals surface area contributed by atoms with Gasteiger partial charge in [0.15, 0.2) is 6.10 Å². The van der Waals surface area contributed by atoms with E-state index in [0.717, 1.165) is 16.7 Å². The van der Waals surface area contributed by atoms with Crippen molar-refractivity contribution in [2.45, 2.75) is 40.7 Å². The molecule has 0 fully saturated rings. The fourth-order valence-electron chi connectivity index (χ4n) is 2.55. The van der Waals surface area contributed by atoms with E-state index in [-0.39, 0.29) is 5.91 Å². The summed E-state index contributed by atoms with van der Waals surface area (Å²) >= 11 is 0. The highest BCUT2D eigenvalue weighted by molar-refractivity contribution is 5.96. The molecule has 0 aliphatic heterocycles. The summed E-state index contributed by atoms with van der Waals surface area (Å²) in [6.45, 7) is 9.72. The van der Waals surface area contributed by atoms with Crippen LogP contribution in [0.1, 0.15) is 40.9 Å². The lowest BCUT2D eigenvalue weighted by molar-refractivity contribution is -0.122. The van der Waals surface area contributed by atoms with Crippen molar-refractivity contribution in [2.24, 2.45) is 0 Å². The van der Waals surface area contributed by atoms with Crippen LogP contribution in [0.25, 0.3) is 0 Å². The number of amides is 1. The molecule has 0 aliphatic carbocycles. The normalized spacial score (nSPS) is 11.6. The van der Waals surface area contributed by atoms with Crippen molar-refractivity contribution < 1.29 is 19.1 Å². The molecule has 0 bridgehead atoms. The Labute approximate surface area is 154 Å². The highest BCUT2D eigenvalue weighted by atomic mass is 16.5. The number of esters is 1. The molecule has 0 saturated carbocycles. The van der Waals surface area contributed by atoms with E-state index in [1.807, 2.05) is 26.8 Å². The maximum absolute atomic E-state index is 12.5. The van der Waals surface area contributed by atoms with Gasteiger partial charge in [-0.1, -0.05) is 12.1 Å². The number of nitrogens with one attached hydrogen (secondary N) is 1. The average molecular weight is 355 g/mol. The van der Waals surface area contributed by atoms with E-state index >= 15 is 0 Å². The number of hydrogen-bond donors (Lipinski definition) is 1. The summed E-state index contributed by atoms with van der Waals surface area (Å²) in [5.41, 5.74) is 4.13. The number of ether oxygens (including phenoxy) is 2. The second-order valence-corrected chi connectivity index (χ2v) is 6.26. The molecule has 5 nitrogen and oxygen atoms in total. The third-order valence-electron chi connectivity index (χ3n) is 4.08. The predicted molar refractivity (Wildman–Crippen MR) is 102 cm³/mol. The minimum absolute atomic E-state index is 0.287. The smallest absolute Gasteiger partial charge is 0.338 e. The summed E-state index contributed by atoms with van der Waals surface area (Å²) in [7, 11) is 0. The van der Waals surface area contributed by atoms with Gasteiger partial charge >= 0.3 is 5.97 Å². The Morgan fingerprint density at radius 1 is 1.12 bits per heavy atom. The largest absolute Gasteiger partial charge is 0.481 e. The van der Waals surface area contributed by atoms with Gasteiger partial charge in [-0.15, -0.1) is 0 Å². The van der Waals surface area contributed by atoms with E-state index in [1.54, 1.807) is 38.1 Å². The zero-order chi connectivity index (χ0) is 19.3. The van der Waals surface area contributed by atoms with Crippen LogP contribution in [0, 0.1) is 20.8 Å². The number of carbonyl (C=O) groups excluding carboxylic acids is 2. The second kappa shape index (κ2) is 8.52. The van der Waals surface area contributed by atoms with Crippen molar-refractivity contribution in [1.29, 1.82) is 0 Å². The fraction of sp³-hybridized carbons (Fsp3) is 0.333. The molecule has 1 amide bonds. The van der Waals surface area contributed by atoms with Gasteiger partial charge in [-0.3, -0.25) is 4.79 Å². The molecule has 1 atom stereocenters. The number of aryl methyl sites for hydroxylation is 2. The quantitative estimate of drug-likeness (QED) is 0.789. The third kappa shape index (κ3) is 4.85. The molecule has 5 heteroatoms. The Hall–Kier alpha value is -2.82. The van der Waals surface area contributed by atoms with E-state index in [0.29, 0.717) is 23.6 Å². The molecular weight excluding hydrogens is 330 g/mol. The van der Waals surface area contributed by atoms with Crippen molar-refractivity contribution in [3.63, 3.8) is 0 Å². The monoisotopic (exact) mass is 355 g/mol. The van der Waals surface area contributed by atoms with Crippen LogP contribution in [0.5, 0.6) is 5.75 Å². The molecule has 2 aromatic rings. The van der Waals surface area contributed by atoms with Crippen LogP contribution < -0.4 is 10.1 Å². The summed E-state index contributed by atoms with van der Waals surface area (Å²) in [6, 6.07) is 10.6. The predicted octanol–water partition coefficient (Wildman–Crippen LogP) is 4.19. The number of rotatable bonds is 6. The fourth-order valence-corrected chi connectivity index (χ4v) is 2.55. The lowest BCUT2D eigenvalue weighted by Gasteiger charge is -2.18. The summed E-state index contributed by atoms with van der Waals surface area (Å²) in [5.74, 6) is -0.00579. The van der Waals surface area contributed by atoms with Gasteiger partial charge in [-0.05, 0) is 75.6 Å². The first kappa shape index (κ1) is 19.5. The van der Waals surface area contributed by atoms with Crippen LogP contribution >= 0.6 is 0 Å². The minimum Gasteiger partial charge on any atom is -0.481 e. The topological polar surface area (TPSA) is 64.6 Å². The number of hydrogen-bond acceptors (Lipinski definition) is 4. The van der Waals surface area contributed by atoms with Gasteiger partial charge < -0.3 is 14.8 Å². The van der Waals surface area contributed by atoms with Gasteiger partial charge in [0.05, 0.1) is 12.2 Å². The lowest BCUT2D eigenvalue weighted by atomic mass is 10.1. The Balaban J connectivity index is 2.08. The summed E-state index contributed by atoms with van der Waals surface area (Å²) in [4.78, 5) is 24.3. The van der Waals surface area contributed by atoms with E-state index in [2.05, 4.69) is 11.4 Å². The van der Waals surface area contributed by atoms with Crippen LogP contribution in [-0.2, 0) is 9.53 Å². The molecule has 2 rings (SSSR count). The molecule has 1 N–H and O–H groups in total. The molecule has 0 unspecified atom stereocenters. The summed E-state index contributed by atoms with van der Waals surface area (Å²) in [5, 5.41) is 2.78. The number of anilines is 1. The van der Waals surface area contributed by atoms with Crippen LogP contribution in [0.4, 0.5) is 5.69 Å². The van der Waals surface area contributed by atoms with Gasteiger partial charge in [0.1, 0.15) is 5.75 Å². The van der Waals surface area contributed by atoms with Crippen molar-refractivity contribution in [2.75, 3.05) is 11.9 Å². The van der Waals surface area contributed by atoms with Crippen molar-refractivity contribution in [1.82, 2.24) is 0 Å². The van der Waals surface area contributed by atoms with Gasteiger partial charge in [-0.2, -0.15) is 0 Å². The highest BCUT2D eigenvalue weighted by Crippen LogP contribution is 2.24. The molecule has 2 aromatic carbocycles. The number of carbonyl (C=O) groups is 2. The minimum atomic E-state index is -0.679. The molecule has 0 radical (unpaired) electrons. The molecule has 26 heavy (non-hydrogen) atoms. The van der Waals surface area contributed by atoms with Gasteiger partial charge in [0.25, 0.3) is 5.91 Å². The Bertz CT molecular complexity index is 814. The summed E-state index contributed by atoms with van der Waals surface area (Å²) < 4.78 is 10.8. The van der Waals surface area contributed by atoms with Crippen LogP contribution in [-0.4, -0.2) is 24.6 Å². The first-order valence-electron chi connectivity index (χ1n) is 8.64. The first-order valence-corrected chi connectivity index (χ1v) is 8.64. The second-order valence-electron chi connectivity index (χ2n) is 6.26. The zero-order valence-corrected chi connectivity index (χ0v) is 15.9. The van der Waals surface area contributed by atoms with E-state index in [4.69, 9.17) is 9.47 Å². The molecule has 138 valence electrons. The summed E-state index contributed by atoms with van der Waals surface area (Å²) in [6.07, 6.45) is -0.679. The van der Waals surface area contributed by atoms with Crippen molar-refractivity contribution in [3.8, 4) is 5.75 Å². The SMILES string of the molecule is CCOC(=O)c1cccc(NC(=O)[C@@H](C)Oc2cc(C)cc(C)c2C)c1. The molecule has 0 heterocycles. The standard InChI is InChI=1S/C21H25NO4/c1-6-25-21(24)17-8-7-9-18(12-17)22-20(23)16(5)26-19-11-13(2)10-14(3)15(19)4/h7-12,16H,6H2,1-5H3,(H,22,23)/t16-/m1/s1. The lowest BCUT2D eigenvalue weighted by Crippen LogP contribution is -2.30. The molecule has 0 spiro atoms. The van der Waals surface area contributed by atoms with Gasteiger partial charge in [-0.25, -0.2) is 4.79 Å². The van der Waals surface area contributed by atoms with Crippen LogP contribution in [0.3, 0.4) is 0 Å². The van der Waals surface area contributed by atoms with E-state index in [9.17, 15) is 9.59 Å². The Morgan fingerprint density at radius 3 is 2.54 bits per heavy atom. The Morgan fingerprint density at radius 2 is 1.85 bits per heavy atom. The third-order valence-corrected chi connectivity index (χ3v) is 4.08. The van der Waals surface area contributed by atoms with Crippen molar-refractivity contribution >= 4 is 17.6 Å². The maximum atomic E-state index is 12.5. The molecule has 0 saturated heterocycles. The maximum Gasteiger partial charge on any atom is 0.338 e. The Kier molecular flexibility index (Phi) is 6.39. The van der Waals surface area contributed by atoms with Gasteiger partial charge in [0, 0.05) is 5.69 Å².